The number of nitro groups is 1. The average Bonchev–Trinajstić information content (AvgIpc) is 3.06. The molecule has 1 amide bonds. The van der Waals surface area contributed by atoms with Gasteiger partial charge in [0.2, 0.25) is 0 Å². The van der Waals surface area contributed by atoms with Crippen LogP contribution in [0, 0.1) is 17.0 Å². The molecule has 0 unspecified atom stereocenters. The third-order valence-corrected chi connectivity index (χ3v) is 4.24. The Kier molecular flexibility index (Phi) is 4.76. The number of hydrogen-bond acceptors (Lipinski definition) is 7. The molecule has 0 saturated heterocycles. The van der Waals surface area contributed by atoms with E-state index in [1.54, 1.807) is 19.3 Å². The summed E-state index contributed by atoms with van der Waals surface area (Å²) in [5.41, 5.74) is 2.28. The van der Waals surface area contributed by atoms with Gasteiger partial charge >= 0.3 is 6.09 Å². The predicted octanol–water partition coefficient (Wildman–Crippen LogP) is 4.26. The van der Waals surface area contributed by atoms with Crippen molar-refractivity contribution in [3.63, 3.8) is 0 Å². The Labute approximate surface area is 151 Å². The van der Waals surface area contributed by atoms with Gasteiger partial charge in [0.1, 0.15) is 5.69 Å². The maximum Gasteiger partial charge on any atom is 0.409 e. The summed E-state index contributed by atoms with van der Waals surface area (Å²) in [6.45, 7) is 1.72. The van der Waals surface area contributed by atoms with Gasteiger partial charge < -0.3 is 10.4 Å². The van der Waals surface area contributed by atoms with Crippen molar-refractivity contribution in [2.24, 2.45) is 0 Å². The predicted molar refractivity (Wildman–Crippen MR) is 98.1 cm³/mol. The van der Waals surface area contributed by atoms with Crippen LogP contribution in [-0.2, 0) is 0 Å². The van der Waals surface area contributed by atoms with Gasteiger partial charge in [0, 0.05) is 29.4 Å². The molecule has 132 valence electrons. The molecule has 9 nitrogen and oxygen atoms in total. The molecule has 3 aromatic rings. The number of rotatable bonds is 5. The van der Waals surface area contributed by atoms with Crippen LogP contribution in [0.25, 0.3) is 11.3 Å². The number of nitrogens with zero attached hydrogens (tertiary/aromatic N) is 3. The molecule has 0 saturated carbocycles. The third-order valence-electron chi connectivity index (χ3n) is 3.48. The Morgan fingerprint density at radius 3 is 2.81 bits per heavy atom. The van der Waals surface area contributed by atoms with Crippen LogP contribution in [0.2, 0.25) is 0 Å². The van der Waals surface area contributed by atoms with Gasteiger partial charge in [-0.25, -0.2) is 9.78 Å². The van der Waals surface area contributed by atoms with Crippen LogP contribution in [0.4, 0.5) is 27.0 Å². The second-order valence-corrected chi connectivity index (χ2v) is 6.13. The largest absolute Gasteiger partial charge is 0.465 e. The Bertz CT molecular complexity index is 974. The molecule has 26 heavy (non-hydrogen) atoms. The first-order valence-corrected chi connectivity index (χ1v) is 8.24. The highest BCUT2D eigenvalue weighted by Crippen LogP contribution is 2.34. The Balaban J connectivity index is 1.90. The number of aryl methyl sites for hydroxylation is 1. The number of amides is 1. The number of carboxylic acid groups (broad SMARTS) is 1. The van der Waals surface area contributed by atoms with E-state index in [-0.39, 0.29) is 11.4 Å². The zero-order valence-electron chi connectivity index (χ0n) is 13.5. The van der Waals surface area contributed by atoms with Crippen molar-refractivity contribution in [3.8, 4) is 11.3 Å². The van der Waals surface area contributed by atoms with E-state index in [9.17, 15) is 14.9 Å². The van der Waals surface area contributed by atoms with Gasteiger partial charge in [-0.15, -0.1) is 11.3 Å². The first kappa shape index (κ1) is 17.3. The van der Waals surface area contributed by atoms with E-state index in [0.29, 0.717) is 16.4 Å². The van der Waals surface area contributed by atoms with Crippen LogP contribution < -0.4 is 10.6 Å². The topological polar surface area (TPSA) is 130 Å². The molecular formula is C16H13N5O4S. The first-order valence-electron chi connectivity index (χ1n) is 7.36. The third kappa shape index (κ3) is 3.75. The fourth-order valence-corrected chi connectivity index (χ4v) is 3.02. The highest BCUT2D eigenvalue weighted by atomic mass is 32.1. The highest BCUT2D eigenvalue weighted by molar-refractivity contribution is 7.14. The molecule has 1 aromatic carbocycles. The summed E-state index contributed by atoms with van der Waals surface area (Å²) in [4.78, 5) is 29.9. The van der Waals surface area contributed by atoms with Crippen molar-refractivity contribution in [2.45, 2.75) is 6.92 Å². The van der Waals surface area contributed by atoms with Crippen molar-refractivity contribution >= 4 is 39.6 Å². The molecule has 0 aliphatic heterocycles. The lowest BCUT2D eigenvalue weighted by Crippen LogP contribution is -2.10. The molecule has 3 rings (SSSR count). The molecule has 0 fully saturated rings. The van der Waals surface area contributed by atoms with Crippen LogP contribution in [0.1, 0.15) is 5.56 Å². The van der Waals surface area contributed by atoms with Crippen molar-refractivity contribution in [1.82, 2.24) is 9.97 Å². The van der Waals surface area contributed by atoms with E-state index < -0.39 is 11.0 Å². The van der Waals surface area contributed by atoms with E-state index in [1.807, 2.05) is 22.8 Å². The number of anilines is 3. The minimum atomic E-state index is -1.37. The highest BCUT2D eigenvalue weighted by Gasteiger charge is 2.19. The maximum atomic E-state index is 11.2. The van der Waals surface area contributed by atoms with Gasteiger partial charge in [0.15, 0.2) is 5.13 Å². The number of pyridine rings is 1. The number of nitrogens with one attached hydrogen (secondary N) is 2. The molecule has 0 aliphatic rings. The van der Waals surface area contributed by atoms with Crippen LogP contribution in [-0.4, -0.2) is 26.1 Å². The molecule has 10 heteroatoms. The smallest absolute Gasteiger partial charge is 0.409 e. The SMILES string of the molecule is Cc1cc(NC(=O)O)c([N+](=O)[O-])cc1Nc1nc(-c2cccnc2)cs1. The van der Waals surface area contributed by atoms with Crippen molar-refractivity contribution in [2.75, 3.05) is 10.6 Å². The fraction of sp³-hybridized carbons (Fsp3) is 0.0625. The summed E-state index contributed by atoms with van der Waals surface area (Å²) >= 11 is 1.35. The van der Waals surface area contributed by atoms with Crippen LogP contribution in [0.3, 0.4) is 0 Å². The summed E-state index contributed by atoms with van der Waals surface area (Å²) in [6.07, 6.45) is 2.00. The summed E-state index contributed by atoms with van der Waals surface area (Å²) < 4.78 is 0. The van der Waals surface area contributed by atoms with E-state index in [4.69, 9.17) is 5.11 Å². The van der Waals surface area contributed by atoms with Crippen molar-refractivity contribution < 1.29 is 14.8 Å². The van der Waals surface area contributed by atoms with Crippen LogP contribution >= 0.6 is 11.3 Å². The number of benzene rings is 1. The molecule has 2 aromatic heterocycles. The van der Waals surface area contributed by atoms with Crippen LogP contribution in [0.15, 0.2) is 42.0 Å². The number of hydrogen-bond donors (Lipinski definition) is 3. The van der Waals surface area contributed by atoms with Crippen molar-refractivity contribution in [3.05, 3.63) is 57.7 Å². The van der Waals surface area contributed by atoms with E-state index in [2.05, 4.69) is 15.3 Å². The standard InChI is InChI=1S/C16H13N5O4S/c1-9-5-12(20-16(22)23)14(21(24)25)6-11(9)18-15-19-13(8-26-15)10-3-2-4-17-7-10/h2-8,20H,1H3,(H,18,19)(H,22,23). The Morgan fingerprint density at radius 2 is 2.15 bits per heavy atom. The second-order valence-electron chi connectivity index (χ2n) is 5.28. The minimum absolute atomic E-state index is 0.0827. The lowest BCUT2D eigenvalue weighted by atomic mass is 10.1. The summed E-state index contributed by atoms with van der Waals surface area (Å²) in [6, 6.07) is 6.38. The zero-order valence-corrected chi connectivity index (χ0v) is 14.3. The molecule has 2 heterocycles. The van der Waals surface area contributed by atoms with Crippen molar-refractivity contribution in [1.29, 1.82) is 0 Å². The maximum absolute atomic E-state index is 11.2. The Morgan fingerprint density at radius 1 is 1.35 bits per heavy atom. The summed E-state index contributed by atoms with van der Waals surface area (Å²) in [7, 11) is 0. The molecule has 0 spiro atoms. The molecule has 3 N–H and O–H groups in total. The quantitative estimate of drug-likeness (QED) is 0.451. The first-order chi connectivity index (χ1) is 12.4. The van der Waals surface area contributed by atoms with Gasteiger partial charge in [0.05, 0.1) is 16.3 Å². The Hall–Kier alpha value is -3.53. The van der Waals surface area contributed by atoms with Gasteiger partial charge in [-0.1, -0.05) is 0 Å². The monoisotopic (exact) mass is 371 g/mol. The summed E-state index contributed by atoms with van der Waals surface area (Å²) in [5, 5.41) is 27.5. The van der Waals surface area contributed by atoms with Crippen LogP contribution in [0.5, 0.6) is 0 Å². The fourth-order valence-electron chi connectivity index (χ4n) is 2.29. The normalized spacial score (nSPS) is 10.3. The lowest BCUT2D eigenvalue weighted by Gasteiger charge is -2.10. The second kappa shape index (κ2) is 7.15. The van der Waals surface area contributed by atoms with E-state index in [1.165, 1.54) is 23.5 Å². The van der Waals surface area contributed by atoms with E-state index >= 15 is 0 Å². The number of aromatic nitrogens is 2. The van der Waals surface area contributed by atoms with Gasteiger partial charge in [-0.2, -0.15) is 0 Å². The number of carbonyl (C=O) groups is 1. The molecule has 0 radical (unpaired) electrons. The lowest BCUT2D eigenvalue weighted by molar-refractivity contribution is -0.383. The van der Waals surface area contributed by atoms with E-state index in [0.717, 1.165) is 11.3 Å². The summed E-state index contributed by atoms with van der Waals surface area (Å²) in [5.74, 6) is 0. The molecular weight excluding hydrogens is 358 g/mol. The van der Waals surface area contributed by atoms with Gasteiger partial charge in [0.25, 0.3) is 5.69 Å². The zero-order chi connectivity index (χ0) is 18.7. The molecule has 0 atom stereocenters. The average molecular weight is 371 g/mol. The van der Waals surface area contributed by atoms with Gasteiger partial charge in [-0.3, -0.25) is 20.4 Å². The minimum Gasteiger partial charge on any atom is -0.465 e. The molecule has 0 bridgehead atoms. The van der Waals surface area contributed by atoms with Gasteiger partial charge in [-0.05, 0) is 30.7 Å². The number of nitro benzene ring substituents is 1. The molecule has 0 aliphatic carbocycles. The number of thiazole rings is 1.